The molecule has 7 nitrogen and oxygen atoms in total. The number of carbonyl (C=O) groups is 2. The average Bonchev–Trinajstić information content (AvgIpc) is 3.45. The fraction of sp³-hybridized carbons (Fsp3) is 0.280. The summed E-state index contributed by atoms with van der Waals surface area (Å²) in [5.41, 5.74) is 9.21. The summed E-state index contributed by atoms with van der Waals surface area (Å²) in [7, 11) is 0. The molecule has 1 spiro atoms. The Morgan fingerprint density at radius 3 is 2.64 bits per heavy atom. The first-order valence-electron chi connectivity index (χ1n) is 10.9. The van der Waals surface area contributed by atoms with Gasteiger partial charge in [0.15, 0.2) is 0 Å². The van der Waals surface area contributed by atoms with Gasteiger partial charge in [0.2, 0.25) is 0 Å². The van der Waals surface area contributed by atoms with Gasteiger partial charge < -0.3 is 20.5 Å². The van der Waals surface area contributed by atoms with Crippen LogP contribution in [0.15, 0.2) is 60.0 Å². The second-order valence-electron chi connectivity index (χ2n) is 8.45. The normalized spacial score (nSPS) is 17.2. The standard InChI is InChI=1S/C25H25N3O4S/c26-20-8-7-19(22-2-1-13-33-22)14-21(20)27-23(29)18-5-3-17(4-6-18)15-28-16-25(32-24(28)30)9-11-31-12-10-25/h1-8,13-14H,9-12,15-16,26H2,(H,27,29). The molecule has 2 aromatic carbocycles. The minimum Gasteiger partial charge on any atom is -0.441 e. The van der Waals surface area contributed by atoms with E-state index in [1.807, 2.05) is 41.8 Å². The van der Waals surface area contributed by atoms with Crippen LogP contribution < -0.4 is 11.1 Å². The van der Waals surface area contributed by atoms with Crippen molar-refractivity contribution in [3.05, 3.63) is 71.1 Å². The number of rotatable bonds is 5. The van der Waals surface area contributed by atoms with Crippen molar-refractivity contribution in [1.82, 2.24) is 4.90 Å². The molecule has 5 rings (SSSR count). The molecule has 3 N–H and O–H groups in total. The van der Waals surface area contributed by atoms with Gasteiger partial charge >= 0.3 is 6.09 Å². The number of benzene rings is 2. The molecule has 1 aromatic heterocycles. The maximum atomic E-state index is 12.8. The van der Waals surface area contributed by atoms with E-state index in [4.69, 9.17) is 15.2 Å². The molecule has 2 amide bonds. The van der Waals surface area contributed by atoms with E-state index in [2.05, 4.69) is 5.32 Å². The lowest BCUT2D eigenvalue weighted by atomic mass is 9.94. The predicted octanol–water partition coefficient (Wildman–Crippen LogP) is 4.75. The monoisotopic (exact) mass is 463 g/mol. The number of nitrogens with zero attached hydrogens (tertiary/aromatic N) is 1. The maximum Gasteiger partial charge on any atom is 0.410 e. The quantitative estimate of drug-likeness (QED) is 0.533. The van der Waals surface area contributed by atoms with Crippen LogP contribution in [-0.2, 0) is 16.0 Å². The zero-order chi connectivity index (χ0) is 22.8. The molecule has 8 heteroatoms. The van der Waals surface area contributed by atoms with E-state index in [1.165, 1.54) is 0 Å². The van der Waals surface area contributed by atoms with Gasteiger partial charge in [-0.05, 0) is 46.8 Å². The number of nitrogens with two attached hydrogens (primary N) is 1. The van der Waals surface area contributed by atoms with E-state index in [0.29, 0.717) is 43.2 Å². The third-order valence-electron chi connectivity index (χ3n) is 6.14. The highest BCUT2D eigenvalue weighted by Gasteiger charge is 2.45. The van der Waals surface area contributed by atoms with E-state index >= 15 is 0 Å². The first-order chi connectivity index (χ1) is 16.0. The van der Waals surface area contributed by atoms with Crippen LogP contribution in [0, 0.1) is 0 Å². The average molecular weight is 464 g/mol. The smallest absolute Gasteiger partial charge is 0.410 e. The number of thiophene rings is 1. The van der Waals surface area contributed by atoms with Crippen LogP contribution in [0.25, 0.3) is 10.4 Å². The molecule has 33 heavy (non-hydrogen) atoms. The number of hydrogen-bond acceptors (Lipinski definition) is 6. The van der Waals surface area contributed by atoms with Crippen LogP contribution in [0.2, 0.25) is 0 Å². The SMILES string of the molecule is Nc1ccc(-c2cccs2)cc1NC(=O)c1ccc(CN2CC3(CCOCC3)OC2=O)cc1. The maximum absolute atomic E-state index is 12.8. The lowest BCUT2D eigenvalue weighted by molar-refractivity contribution is -0.0437. The third-order valence-corrected chi connectivity index (χ3v) is 7.06. The number of nitrogens with one attached hydrogen (secondary N) is 1. The lowest BCUT2D eigenvalue weighted by Crippen LogP contribution is -2.40. The number of amides is 2. The molecule has 2 aliphatic heterocycles. The van der Waals surface area contributed by atoms with E-state index in [0.717, 1.165) is 28.8 Å². The summed E-state index contributed by atoms with van der Waals surface area (Å²) in [4.78, 5) is 28.0. The van der Waals surface area contributed by atoms with Gasteiger partial charge in [-0.3, -0.25) is 9.69 Å². The largest absolute Gasteiger partial charge is 0.441 e. The van der Waals surface area contributed by atoms with Gasteiger partial charge in [0.1, 0.15) is 5.60 Å². The van der Waals surface area contributed by atoms with Crippen LogP contribution in [-0.4, -0.2) is 42.3 Å². The van der Waals surface area contributed by atoms with E-state index in [9.17, 15) is 9.59 Å². The highest BCUT2D eigenvalue weighted by molar-refractivity contribution is 7.13. The Hall–Kier alpha value is -3.36. The fourth-order valence-electron chi connectivity index (χ4n) is 4.26. The van der Waals surface area contributed by atoms with Crippen molar-refractivity contribution in [2.45, 2.75) is 25.0 Å². The van der Waals surface area contributed by atoms with Gasteiger partial charge in [-0.1, -0.05) is 24.3 Å². The van der Waals surface area contributed by atoms with Gasteiger partial charge in [-0.25, -0.2) is 4.79 Å². The van der Waals surface area contributed by atoms with Crippen LogP contribution in [0.4, 0.5) is 16.2 Å². The van der Waals surface area contributed by atoms with Crippen molar-refractivity contribution in [1.29, 1.82) is 0 Å². The fourth-order valence-corrected chi connectivity index (χ4v) is 4.98. The summed E-state index contributed by atoms with van der Waals surface area (Å²) in [6.07, 6.45) is 1.16. The van der Waals surface area contributed by atoms with E-state index in [1.54, 1.807) is 34.4 Å². The number of hydrogen-bond donors (Lipinski definition) is 2. The predicted molar refractivity (Wildman–Crippen MR) is 128 cm³/mol. The Morgan fingerprint density at radius 1 is 1.12 bits per heavy atom. The first-order valence-corrected chi connectivity index (χ1v) is 11.8. The molecule has 2 aliphatic rings. The molecule has 0 saturated carbocycles. The molecule has 3 heterocycles. The van der Waals surface area contributed by atoms with Crippen molar-refractivity contribution in [3.8, 4) is 10.4 Å². The Bertz CT molecular complexity index is 1150. The molecule has 3 aromatic rings. The summed E-state index contributed by atoms with van der Waals surface area (Å²) in [6, 6.07) is 16.9. The second kappa shape index (κ2) is 8.88. The van der Waals surface area contributed by atoms with E-state index in [-0.39, 0.29) is 12.0 Å². The third kappa shape index (κ3) is 4.58. The van der Waals surface area contributed by atoms with E-state index < -0.39 is 5.60 Å². The molecule has 0 radical (unpaired) electrons. The minimum atomic E-state index is -0.424. The number of ether oxygens (including phenoxy) is 2. The summed E-state index contributed by atoms with van der Waals surface area (Å²) in [6.45, 7) is 2.24. The number of anilines is 2. The van der Waals surface area contributed by atoms with Gasteiger partial charge in [-0.2, -0.15) is 0 Å². The molecule has 170 valence electrons. The molecular formula is C25H25N3O4S. The van der Waals surface area contributed by atoms with Gasteiger partial charge in [0.05, 0.1) is 31.1 Å². The molecule has 0 aliphatic carbocycles. The summed E-state index contributed by atoms with van der Waals surface area (Å²) in [5.74, 6) is -0.238. The Labute approximate surface area is 196 Å². The topological polar surface area (TPSA) is 93.9 Å². The van der Waals surface area contributed by atoms with Crippen molar-refractivity contribution in [2.24, 2.45) is 0 Å². The van der Waals surface area contributed by atoms with Gasteiger partial charge in [0, 0.05) is 29.8 Å². The molecule has 2 saturated heterocycles. The van der Waals surface area contributed by atoms with Crippen LogP contribution in [0.1, 0.15) is 28.8 Å². The van der Waals surface area contributed by atoms with Crippen molar-refractivity contribution in [2.75, 3.05) is 30.8 Å². The van der Waals surface area contributed by atoms with Crippen molar-refractivity contribution in [3.63, 3.8) is 0 Å². The highest BCUT2D eigenvalue weighted by Crippen LogP contribution is 2.33. The minimum absolute atomic E-state index is 0.238. The van der Waals surface area contributed by atoms with Gasteiger partial charge in [0.25, 0.3) is 5.91 Å². The zero-order valence-electron chi connectivity index (χ0n) is 18.1. The van der Waals surface area contributed by atoms with Crippen LogP contribution in [0.5, 0.6) is 0 Å². The molecule has 0 unspecified atom stereocenters. The molecule has 2 fully saturated rings. The summed E-state index contributed by atoms with van der Waals surface area (Å²) >= 11 is 1.63. The van der Waals surface area contributed by atoms with Crippen LogP contribution in [0.3, 0.4) is 0 Å². The number of carbonyl (C=O) groups excluding carboxylic acids is 2. The molecule has 0 bridgehead atoms. The van der Waals surface area contributed by atoms with Crippen LogP contribution >= 0.6 is 11.3 Å². The second-order valence-corrected chi connectivity index (χ2v) is 9.40. The Kier molecular flexibility index (Phi) is 5.78. The number of nitrogen functional groups attached to an aromatic ring is 1. The zero-order valence-corrected chi connectivity index (χ0v) is 18.9. The summed E-state index contributed by atoms with van der Waals surface area (Å²) < 4.78 is 11.1. The Morgan fingerprint density at radius 2 is 1.91 bits per heavy atom. The van der Waals surface area contributed by atoms with Crippen molar-refractivity contribution < 1.29 is 19.1 Å². The highest BCUT2D eigenvalue weighted by atomic mass is 32.1. The van der Waals surface area contributed by atoms with Crippen molar-refractivity contribution >= 4 is 34.7 Å². The molecule has 0 atom stereocenters. The molecular weight excluding hydrogens is 438 g/mol. The first kappa shape index (κ1) is 21.5. The summed E-state index contributed by atoms with van der Waals surface area (Å²) in [5, 5.41) is 4.92. The lowest BCUT2D eigenvalue weighted by Gasteiger charge is -2.30. The Balaban J connectivity index is 1.24. The van der Waals surface area contributed by atoms with Gasteiger partial charge in [-0.15, -0.1) is 11.3 Å².